The molecule has 1 N–H and O–H groups in total. The van der Waals surface area contributed by atoms with Gasteiger partial charge >= 0.3 is 0 Å². The lowest BCUT2D eigenvalue weighted by Crippen LogP contribution is -2.28. The highest BCUT2D eigenvalue weighted by molar-refractivity contribution is 6.03. The maximum Gasteiger partial charge on any atom is 0.229 e. The number of benzene rings is 2. The van der Waals surface area contributed by atoms with Gasteiger partial charge in [-0.15, -0.1) is 0 Å². The van der Waals surface area contributed by atoms with Crippen LogP contribution in [0.1, 0.15) is 46.6 Å². The van der Waals surface area contributed by atoms with Gasteiger partial charge in [-0.25, -0.2) is 0 Å². The number of para-hydroxylation sites is 1. The SMILES string of the molecule is CC(C)Oc1ccc(N2C[C@H](C(=O)Nc3ccccc3C(C)(C)C)CC2=O)cc1. The number of anilines is 2. The number of ether oxygens (including phenoxy) is 1. The largest absolute Gasteiger partial charge is 0.491 e. The molecule has 5 nitrogen and oxygen atoms in total. The van der Waals surface area contributed by atoms with Crippen molar-refractivity contribution in [3.05, 3.63) is 54.1 Å². The molecule has 1 fully saturated rings. The average molecular weight is 395 g/mol. The quantitative estimate of drug-likeness (QED) is 0.795. The van der Waals surface area contributed by atoms with Gasteiger partial charge in [0.1, 0.15) is 5.75 Å². The van der Waals surface area contributed by atoms with Crippen molar-refractivity contribution in [1.29, 1.82) is 0 Å². The molecule has 1 saturated heterocycles. The van der Waals surface area contributed by atoms with E-state index in [0.717, 1.165) is 22.7 Å². The van der Waals surface area contributed by atoms with Gasteiger partial charge < -0.3 is 15.0 Å². The molecule has 1 aliphatic rings. The van der Waals surface area contributed by atoms with Crippen LogP contribution >= 0.6 is 0 Å². The van der Waals surface area contributed by atoms with Crippen LogP contribution in [-0.2, 0) is 15.0 Å². The van der Waals surface area contributed by atoms with Crippen molar-refractivity contribution in [2.24, 2.45) is 5.92 Å². The maximum absolute atomic E-state index is 12.9. The number of rotatable bonds is 5. The standard InChI is InChI=1S/C24H30N2O3/c1-16(2)29-19-12-10-18(11-13-19)26-15-17(14-22(26)27)23(28)25-21-9-7-6-8-20(21)24(3,4)5/h6-13,16-17H,14-15H2,1-5H3,(H,25,28)/t17-/m1/s1. The van der Waals surface area contributed by atoms with E-state index in [-0.39, 0.29) is 35.7 Å². The number of nitrogens with zero attached hydrogens (tertiary/aromatic N) is 1. The van der Waals surface area contributed by atoms with Crippen LogP contribution < -0.4 is 15.0 Å². The van der Waals surface area contributed by atoms with E-state index in [9.17, 15) is 9.59 Å². The summed E-state index contributed by atoms with van der Waals surface area (Å²) in [5, 5.41) is 3.04. The maximum atomic E-state index is 12.9. The van der Waals surface area contributed by atoms with Crippen LogP contribution in [0.4, 0.5) is 11.4 Å². The minimum absolute atomic E-state index is 0.0354. The van der Waals surface area contributed by atoms with E-state index < -0.39 is 0 Å². The summed E-state index contributed by atoms with van der Waals surface area (Å²) >= 11 is 0. The van der Waals surface area contributed by atoms with Crippen molar-refractivity contribution in [1.82, 2.24) is 0 Å². The molecular weight excluding hydrogens is 364 g/mol. The van der Waals surface area contributed by atoms with E-state index in [0.29, 0.717) is 6.54 Å². The summed E-state index contributed by atoms with van der Waals surface area (Å²) in [5.74, 6) is 0.245. The third-order valence-corrected chi connectivity index (χ3v) is 5.01. The first-order valence-corrected chi connectivity index (χ1v) is 10.1. The summed E-state index contributed by atoms with van der Waals surface area (Å²) in [7, 11) is 0. The Morgan fingerprint density at radius 2 is 1.76 bits per heavy atom. The zero-order valence-corrected chi connectivity index (χ0v) is 17.9. The molecule has 3 rings (SSSR count). The molecule has 0 saturated carbocycles. The van der Waals surface area contributed by atoms with Crippen molar-refractivity contribution >= 4 is 23.2 Å². The van der Waals surface area contributed by atoms with Gasteiger partial charge in [0.25, 0.3) is 0 Å². The number of carbonyl (C=O) groups excluding carboxylic acids is 2. The molecule has 0 unspecified atom stereocenters. The predicted octanol–water partition coefficient (Wildman–Crippen LogP) is 4.76. The molecule has 1 aliphatic heterocycles. The zero-order valence-electron chi connectivity index (χ0n) is 17.9. The molecule has 0 radical (unpaired) electrons. The second-order valence-electron chi connectivity index (χ2n) is 8.85. The van der Waals surface area contributed by atoms with Gasteiger partial charge in [0.2, 0.25) is 11.8 Å². The van der Waals surface area contributed by atoms with E-state index in [1.54, 1.807) is 4.90 Å². The zero-order chi connectivity index (χ0) is 21.2. The molecule has 0 aromatic heterocycles. The van der Waals surface area contributed by atoms with Crippen molar-refractivity contribution in [3.63, 3.8) is 0 Å². The third kappa shape index (κ3) is 4.97. The van der Waals surface area contributed by atoms with Crippen LogP contribution in [0.3, 0.4) is 0 Å². The lowest BCUT2D eigenvalue weighted by Gasteiger charge is -2.23. The fourth-order valence-corrected chi connectivity index (χ4v) is 3.59. The number of hydrogen-bond donors (Lipinski definition) is 1. The summed E-state index contributed by atoms with van der Waals surface area (Å²) in [4.78, 5) is 27.1. The van der Waals surface area contributed by atoms with Crippen LogP contribution in [0.25, 0.3) is 0 Å². The third-order valence-electron chi connectivity index (χ3n) is 5.01. The monoisotopic (exact) mass is 394 g/mol. The van der Waals surface area contributed by atoms with Gasteiger partial charge in [-0.05, 0) is 55.2 Å². The molecule has 2 amide bonds. The fraction of sp³-hybridized carbons (Fsp3) is 0.417. The van der Waals surface area contributed by atoms with Crippen molar-refractivity contribution in [2.45, 2.75) is 52.6 Å². The minimum atomic E-state index is -0.373. The molecule has 154 valence electrons. The Kier molecular flexibility index (Phi) is 5.96. The summed E-state index contributed by atoms with van der Waals surface area (Å²) in [5.41, 5.74) is 2.60. The highest BCUT2D eigenvalue weighted by atomic mass is 16.5. The van der Waals surface area contributed by atoms with Crippen molar-refractivity contribution < 1.29 is 14.3 Å². The number of amides is 2. The summed E-state index contributed by atoms with van der Waals surface area (Å²) < 4.78 is 5.66. The molecule has 0 spiro atoms. The van der Waals surface area contributed by atoms with Crippen LogP contribution in [0.5, 0.6) is 5.75 Å². The number of nitrogens with one attached hydrogen (secondary N) is 1. The first-order chi connectivity index (χ1) is 13.6. The predicted molar refractivity (Wildman–Crippen MR) is 116 cm³/mol. The Bertz CT molecular complexity index is 882. The Hall–Kier alpha value is -2.82. The molecule has 1 atom stereocenters. The molecule has 5 heteroatoms. The van der Waals surface area contributed by atoms with Crippen LogP contribution in [0.15, 0.2) is 48.5 Å². The second kappa shape index (κ2) is 8.27. The van der Waals surface area contributed by atoms with Gasteiger partial charge in [0.15, 0.2) is 0 Å². The fourth-order valence-electron chi connectivity index (χ4n) is 3.59. The Morgan fingerprint density at radius 1 is 1.10 bits per heavy atom. The van der Waals surface area contributed by atoms with E-state index in [1.807, 2.05) is 62.4 Å². The summed E-state index contributed by atoms with van der Waals surface area (Å²) in [6.45, 7) is 10.7. The first-order valence-electron chi connectivity index (χ1n) is 10.1. The first kappa shape index (κ1) is 20.9. The van der Waals surface area contributed by atoms with Gasteiger partial charge in [0.05, 0.1) is 12.0 Å². The van der Waals surface area contributed by atoms with Gasteiger partial charge in [-0.2, -0.15) is 0 Å². The topological polar surface area (TPSA) is 58.6 Å². The van der Waals surface area contributed by atoms with Crippen LogP contribution in [-0.4, -0.2) is 24.5 Å². The molecule has 2 aromatic rings. The van der Waals surface area contributed by atoms with Crippen LogP contribution in [0.2, 0.25) is 0 Å². The number of hydrogen-bond acceptors (Lipinski definition) is 3. The molecule has 0 bridgehead atoms. The molecule has 1 heterocycles. The van der Waals surface area contributed by atoms with E-state index in [2.05, 4.69) is 26.1 Å². The lowest BCUT2D eigenvalue weighted by molar-refractivity contribution is -0.122. The average Bonchev–Trinajstić information content (AvgIpc) is 3.03. The number of carbonyl (C=O) groups is 2. The molecule has 0 aliphatic carbocycles. The highest BCUT2D eigenvalue weighted by Crippen LogP contribution is 2.31. The second-order valence-corrected chi connectivity index (χ2v) is 8.85. The van der Waals surface area contributed by atoms with Crippen molar-refractivity contribution in [3.8, 4) is 5.75 Å². The molecule has 29 heavy (non-hydrogen) atoms. The Balaban J connectivity index is 1.70. The van der Waals surface area contributed by atoms with Gasteiger partial charge in [0, 0.05) is 24.3 Å². The molecular formula is C24H30N2O3. The van der Waals surface area contributed by atoms with E-state index in [1.165, 1.54) is 0 Å². The summed E-state index contributed by atoms with van der Waals surface area (Å²) in [6, 6.07) is 15.3. The van der Waals surface area contributed by atoms with Crippen molar-refractivity contribution in [2.75, 3.05) is 16.8 Å². The van der Waals surface area contributed by atoms with Gasteiger partial charge in [-0.1, -0.05) is 39.0 Å². The highest BCUT2D eigenvalue weighted by Gasteiger charge is 2.35. The van der Waals surface area contributed by atoms with Crippen LogP contribution in [0, 0.1) is 5.92 Å². The minimum Gasteiger partial charge on any atom is -0.491 e. The van der Waals surface area contributed by atoms with E-state index in [4.69, 9.17) is 4.74 Å². The molecule has 2 aromatic carbocycles. The summed E-state index contributed by atoms with van der Waals surface area (Å²) in [6.07, 6.45) is 0.312. The van der Waals surface area contributed by atoms with Gasteiger partial charge in [-0.3, -0.25) is 9.59 Å². The smallest absolute Gasteiger partial charge is 0.229 e. The Labute approximate surface area is 173 Å². The lowest BCUT2D eigenvalue weighted by atomic mass is 9.85. The van der Waals surface area contributed by atoms with E-state index >= 15 is 0 Å². The Morgan fingerprint density at radius 3 is 2.38 bits per heavy atom. The normalized spacial score (nSPS) is 17.0.